The van der Waals surface area contributed by atoms with E-state index in [9.17, 15) is 0 Å². The number of unbranched alkanes of at least 4 members (excludes halogenated alkanes) is 8. The van der Waals surface area contributed by atoms with Crippen LogP contribution in [-0.4, -0.2) is 37.6 Å². The number of benzene rings is 2. The Morgan fingerprint density at radius 1 is 0.564 bits per heavy atom. The summed E-state index contributed by atoms with van der Waals surface area (Å²) < 4.78 is 0. The van der Waals surface area contributed by atoms with Crippen molar-refractivity contribution in [2.75, 3.05) is 37.6 Å². The average molecular weight is 533 g/mol. The molecular formula is C37H60N2. The van der Waals surface area contributed by atoms with Gasteiger partial charge in [-0.3, -0.25) is 0 Å². The molecular weight excluding hydrogens is 472 g/mol. The van der Waals surface area contributed by atoms with E-state index in [-0.39, 0.29) is 0 Å². The van der Waals surface area contributed by atoms with Gasteiger partial charge in [0.1, 0.15) is 0 Å². The first-order chi connectivity index (χ1) is 19.3. The second kappa shape index (κ2) is 20.1. The number of nitrogens with zero attached hydrogens (tertiary/aromatic N) is 2. The summed E-state index contributed by atoms with van der Waals surface area (Å²) in [6.07, 6.45) is 22.5. The minimum atomic E-state index is 0.911. The van der Waals surface area contributed by atoms with Gasteiger partial charge in [-0.1, -0.05) is 127 Å². The summed E-state index contributed by atoms with van der Waals surface area (Å²) in [4.78, 5) is 5.24. The molecule has 0 bridgehead atoms. The largest absolute Gasteiger partial charge is 0.372 e. The third-order valence-electron chi connectivity index (χ3n) is 9.10. The van der Waals surface area contributed by atoms with Crippen LogP contribution in [0.4, 0.5) is 5.69 Å². The van der Waals surface area contributed by atoms with Crippen molar-refractivity contribution in [3.8, 4) is 0 Å². The fourth-order valence-corrected chi connectivity index (χ4v) is 6.46. The van der Waals surface area contributed by atoms with E-state index in [2.05, 4.69) is 84.3 Å². The molecule has 2 fully saturated rings. The predicted molar refractivity (Wildman–Crippen MR) is 173 cm³/mol. The molecule has 2 aromatic carbocycles. The van der Waals surface area contributed by atoms with Crippen LogP contribution in [0.3, 0.4) is 0 Å². The Balaban J connectivity index is 0.000000216. The van der Waals surface area contributed by atoms with E-state index in [1.54, 1.807) is 0 Å². The Labute approximate surface area is 242 Å². The molecule has 0 radical (unpaired) electrons. The molecule has 2 aromatic rings. The highest BCUT2D eigenvalue weighted by Gasteiger charge is 2.19. The van der Waals surface area contributed by atoms with Crippen molar-refractivity contribution in [1.82, 2.24) is 4.90 Å². The van der Waals surface area contributed by atoms with Gasteiger partial charge in [0, 0.05) is 18.8 Å². The quantitative estimate of drug-likeness (QED) is 0.210. The lowest BCUT2D eigenvalue weighted by molar-refractivity contribution is 0.181. The summed E-state index contributed by atoms with van der Waals surface area (Å²) in [7, 11) is 0. The summed E-state index contributed by atoms with van der Waals surface area (Å²) in [6.45, 7) is 11.1. The number of rotatable bonds is 15. The Morgan fingerprint density at radius 2 is 1.10 bits per heavy atom. The molecule has 0 aliphatic carbocycles. The van der Waals surface area contributed by atoms with Crippen LogP contribution in [0.5, 0.6) is 0 Å². The zero-order valence-corrected chi connectivity index (χ0v) is 25.7. The van der Waals surface area contributed by atoms with Crippen LogP contribution in [0.25, 0.3) is 0 Å². The van der Waals surface area contributed by atoms with Gasteiger partial charge in [-0.15, -0.1) is 0 Å². The van der Waals surface area contributed by atoms with Crippen molar-refractivity contribution in [2.45, 2.75) is 117 Å². The van der Waals surface area contributed by atoms with Gasteiger partial charge in [0.15, 0.2) is 0 Å². The Kier molecular flexibility index (Phi) is 16.4. The van der Waals surface area contributed by atoms with Gasteiger partial charge in [-0.2, -0.15) is 0 Å². The van der Waals surface area contributed by atoms with Gasteiger partial charge in [-0.05, 0) is 87.7 Å². The minimum Gasteiger partial charge on any atom is -0.372 e. The van der Waals surface area contributed by atoms with Crippen molar-refractivity contribution < 1.29 is 0 Å². The van der Waals surface area contributed by atoms with Gasteiger partial charge in [0.05, 0.1) is 0 Å². The first kappa shape index (κ1) is 31.7. The van der Waals surface area contributed by atoms with Crippen molar-refractivity contribution in [3.05, 3.63) is 66.2 Å². The fourth-order valence-electron chi connectivity index (χ4n) is 6.46. The molecule has 0 spiro atoms. The molecule has 4 rings (SSSR count). The highest BCUT2D eigenvalue weighted by atomic mass is 15.1. The Morgan fingerprint density at radius 3 is 1.72 bits per heavy atom. The second-order valence-electron chi connectivity index (χ2n) is 12.4. The zero-order chi connectivity index (χ0) is 27.4. The van der Waals surface area contributed by atoms with Crippen molar-refractivity contribution >= 4 is 5.69 Å². The smallest absolute Gasteiger partial charge is 0.0366 e. The Bertz CT molecular complexity index is 804. The third-order valence-corrected chi connectivity index (χ3v) is 9.10. The number of anilines is 1. The molecule has 0 unspecified atom stereocenters. The van der Waals surface area contributed by atoms with Crippen molar-refractivity contribution in [1.29, 1.82) is 0 Å². The van der Waals surface area contributed by atoms with Gasteiger partial charge in [0.25, 0.3) is 0 Å². The van der Waals surface area contributed by atoms with E-state index in [1.807, 2.05) is 0 Å². The first-order valence-corrected chi connectivity index (χ1v) is 16.8. The van der Waals surface area contributed by atoms with E-state index in [0.29, 0.717) is 0 Å². The molecule has 39 heavy (non-hydrogen) atoms. The molecule has 2 nitrogen and oxygen atoms in total. The maximum absolute atomic E-state index is 2.69. The number of hydrogen-bond donors (Lipinski definition) is 0. The normalized spacial score (nSPS) is 17.1. The summed E-state index contributed by atoms with van der Waals surface area (Å²) in [5.41, 5.74) is 2.93. The van der Waals surface area contributed by atoms with E-state index in [1.165, 1.54) is 147 Å². The second-order valence-corrected chi connectivity index (χ2v) is 12.4. The average Bonchev–Trinajstić information content (AvgIpc) is 2.99. The number of piperidine rings is 2. The molecule has 0 atom stereocenters. The molecule has 0 aromatic heterocycles. The van der Waals surface area contributed by atoms with E-state index in [0.717, 1.165) is 11.8 Å². The maximum Gasteiger partial charge on any atom is 0.0366 e. The molecule has 2 saturated heterocycles. The van der Waals surface area contributed by atoms with E-state index >= 15 is 0 Å². The monoisotopic (exact) mass is 532 g/mol. The molecule has 218 valence electrons. The number of hydrogen-bond acceptors (Lipinski definition) is 2. The molecule has 2 aliphatic rings. The van der Waals surface area contributed by atoms with Gasteiger partial charge < -0.3 is 9.80 Å². The highest BCUT2D eigenvalue weighted by molar-refractivity contribution is 5.46. The summed E-state index contributed by atoms with van der Waals surface area (Å²) >= 11 is 0. The maximum atomic E-state index is 2.69. The topological polar surface area (TPSA) is 6.48 Å². The molecule has 0 amide bonds. The van der Waals surface area contributed by atoms with E-state index in [4.69, 9.17) is 0 Å². The molecule has 0 N–H and O–H groups in total. The summed E-state index contributed by atoms with van der Waals surface area (Å²) in [5, 5.41) is 0. The van der Waals surface area contributed by atoms with Crippen molar-refractivity contribution in [3.63, 3.8) is 0 Å². The highest BCUT2D eigenvalue weighted by Crippen LogP contribution is 2.26. The Hall–Kier alpha value is -1.80. The van der Waals surface area contributed by atoms with Crippen LogP contribution >= 0.6 is 0 Å². The van der Waals surface area contributed by atoms with Gasteiger partial charge >= 0.3 is 0 Å². The lowest BCUT2D eigenvalue weighted by atomic mass is 9.90. The fraction of sp³-hybridized carbons (Fsp3) is 0.676. The lowest BCUT2D eigenvalue weighted by Crippen LogP contribution is -2.35. The predicted octanol–water partition coefficient (Wildman–Crippen LogP) is 10.2. The van der Waals surface area contributed by atoms with Gasteiger partial charge in [0.2, 0.25) is 0 Å². The van der Waals surface area contributed by atoms with Crippen molar-refractivity contribution in [2.24, 2.45) is 11.8 Å². The number of para-hydroxylation sites is 1. The molecule has 2 heteroatoms. The summed E-state index contributed by atoms with van der Waals surface area (Å²) in [6, 6.07) is 21.9. The van der Waals surface area contributed by atoms with Crippen LogP contribution < -0.4 is 4.90 Å². The van der Waals surface area contributed by atoms with Crippen LogP contribution in [0, 0.1) is 11.8 Å². The van der Waals surface area contributed by atoms with Gasteiger partial charge in [-0.25, -0.2) is 0 Å². The summed E-state index contributed by atoms with van der Waals surface area (Å²) in [5.74, 6) is 1.90. The van der Waals surface area contributed by atoms with Crippen LogP contribution in [-0.2, 0) is 6.42 Å². The standard InChI is InChI=1S/C19H31N.C18H29N/c1-2-3-4-5-9-14-20-15-12-19(13-16-20)17-18-10-7-6-8-11-18;1-2-3-4-5-7-10-17-13-15-19(16-14-17)18-11-8-6-9-12-18/h6-8,10-11,19H,2-5,9,12-17H2,1H3;6,8-9,11-12,17H,2-5,7,10,13-16H2,1H3. The zero-order valence-electron chi connectivity index (χ0n) is 25.7. The molecule has 0 saturated carbocycles. The van der Waals surface area contributed by atoms with Crippen LogP contribution in [0.2, 0.25) is 0 Å². The van der Waals surface area contributed by atoms with Crippen LogP contribution in [0.1, 0.15) is 116 Å². The molecule has 2 aliphatic heterocycles. The third kappa shape index (κ3) is 13.4. The minimum absolute atomic E-state index is 0.911. The first-order valence-electron chi connectivity index (χ1n) is 16.8. The van der Waals surface area contributed by atoms with E-state index < -0.39 is 0 Å². The SMILES string of the molecule is CCCCCCCC1CCN(c2ccccc2)CC1.CCCCCCCN1CCC(Cc2ccccc2)CC1. The number of likely N-dealkylation sites (tertiary alicyclic amines) is 1. The lowest BCUT2D eigenvalue weighted by Gasteiger charge is -2.33. The van der Waals surface area contributed by atoms with Crippen LogP contribution in [0.15, 0.2) is 60.7 Å². The molecule has 2 heterocycles.